The fourth-order valence-electron chi connectivity index (χ4n) is 2.32. The van der Waals surface area contributed by atoms with Gasteiger partial charge in [-0.3, -0.25) is 4.90 Å². The highest BCUT2D eigenvalue weighted by Gasteiger charge is 2.25. The SMILES string of the molecule is CNc1ccc(Cl)c(CN2CC(C)OC(CO)C2)n1. The van der Waals surface area contributed by atoms with E-state index in [1.54, 1.807) is 0 Å². The Hall–Kier alpha value is -0.880. The minimum Gasteiger partial charge on any atom is -0.394 e. The number of nitrogens with one attached hydrogen (secondary N) is 1. The van der Waals surface area contributed by atoms with Crippen LogP contribution in [0.4, 0.5) is 5.82 Å². The monoisotopic (exact) mass is 285 g/mol. The number of nitrogens with zero attached hydrogens (tertiary/aromatic N) is 2. The molecule has 1 aromatic heterocycles. The number of pyridine rings is 1. The van der Waals surface area contributed by atoms with Gasteiger partial charge in [-0.2, -0.15) is 0 Å². The molecule has 0 radical (unpaired) electrons. The zero-order valence-electron chi connectivity index (χ0n) is 11.3. The summed E-state index contributed by atoms with van der Waals surface area (Å²) in [6.07, 6.45) is -0.0211. The number of halogens is 1. The number of aliphatic hydroxyl groups is 1. The van der Waals surface area contributed by atoms with Crippen LogP contribution in [0.15, 0.2) is 12.1 Å². The van der Waals surface area contributed by atoms with E-state index in [9.17, 15) is 5.11 Å². The molecule has 2 rings (SSSR count). The minimum absolute atomic E-state index is 0.0402. The van der Waals surface area contributed by atoms with Crippen LogP contribution < -0.4 is 5.32 Å². The molecule has 1 saturated heterocycles. The second-order valence-corrected chi connectivity index (χ2v) is 5.23. The molecule has 1 aliphatic rings. The molecule has 2 atom stereocenters. The van der Waals surface area contributed by atoms with Crippen LogP contribution in [-0.4, -0.2) is 53.9 Å². The smallest absolute Gasteiger partial charge is 0.126 e. The van der Waals surface area contributed by atoms with Crippen molar-refractivity contribution in [3.63, 3.8) is 0 Å². The summed E-state index contributed by atoms with van der Waals surface area (Å²) >= 11 is 6.18. The van der Waals surface area contributed by atoms with Crippen LogP contribution in [0.25, 0.3) is 0 Å². The number of aromatic nitrogens is 1. The summed E-state index contributed by atoms with van der Waals surface area (Å²) < 4.78 is 5.62. The summed E-state index contributed by atoms with van der Waals surface area (Å²) in [6.45, 7) is 4.23. The second kappa shape index (κ2) is 6.52. The average molecular weight is 286 g/mol. The maximum absolute atomic E-state index is 9.23. The summed E-state index contributed by atoms with van der Waals surface area (Å²) in [5, 5.41) is 12.9. The summed E-state index contributed by atoms with van der Waals surface area (Å²) in [7, 11) is 1.83. The molecule has 1 aromatic rings. The Morgan fingerprint density at radius 3 is 3.00 bits per heavy atom. The topological polar surface area (TPSA) is 57.6 Å². The van der Waals surface area contributed by atoms with Gasteiger partial charge in [0.25, 0.3) is 0 Å². The van der Waals surface area contributed by atoms with Gasteiger partial charge in [0.05, 0.1) is 29.5 Å². The first-order valence-corrected chi connectivity index (χ1v) is 6.82. The highest BCUT2D eigenvalue weighted by Crippen LogP contribution is 2.20. The van der Waals surface area contributed by atoms with Crippen molar-refractivity contribution in [1.82, 2.24) is 9.88 Å². The maximum Gasteiger partial charge on any atom is 0.126 e. The molecule has 0 spiro atoms. The summed E-state index contributed by atoms with van der Waals surface area (Å²) in [4.78, 5) is 6.68. The highest BCUT2D eigenvalue weighted by atomic mass is 35.5. The van der Waals surface area contributed by atoms with Crippen molar-refractivity contribution >= 4 is 17.4 Å². The van der Waals surface area contributed by atoms with Crippen molar-refractivity contribution in [2.24, 2.45) is 0 Å². The molecule has 2 N–H and O–H groups in total. The van der Waals surface area contributed by atoms with Crippen LogP contribution in [0, 0.1) is 0 Å². The summed E-state index contributed by atoms with van der Waals surface area (Å²) in [5.74, 6) is 0.805. The Morgan fingerprint density at radius 1 is 1.53 bits per heavy atom. The van der Waals surface area contributed by atoms with Crippen molar-refractivity contribution < 1.29 is 9.84 Å². The van der Waals surface area contributed by atoms with E-state index in [-0.39, 0.29) is 18.8 Å². The molecule has 0 aliphatic carbocycles. The first-order chi connectivity index (χ1) is 9.12. The van der Waals surface area contributed by atoms with Gasteiger partial charge in [-0.25, -0.2) is 4.98 Å². The predicted molar refractivity (Wildman–Crippen MR) is 75.5 cm³/mol. The van der Waals surface area contributed by atoms with Crippen LogP contribution in [0.5, 0.6) is 0 Å². The predicted octanol–water partition coefficient (Wildman–Crippen LogP) is 1.36. The maximum atomic E-state index is 9.23. The van der Waals surface area contributed by atoms with E-state index in [1.807, 2.05) is 26.1 Å². The van der Waals surface area contributed by atoms with Gasteiger partial charge < -0.3 is 15.2 Å². The van der Waals surface area contributed by atoms with Gasteiger partial charge in [0.15, 0.2) is 0 Å². The van der Waals surface area contributed by atoms with Crippen LogP contribution >= 0.6 is 11.6 Å². The molecule has 106 valence electrons. The summed E-state index contributed by atoms with van der Waals surface area (Å²) in [6, 6.07) is 3.70. The second-order valence-electron chi connectivity index (χ2n) is 4.82. The van der Waals surface area contributed by atoms with Gasteiger partial charge in [0.2, 0.25) is 0 Å². The lowest BCUT2D eigenvalue weighted by atomic mass is 10.2. The number of aliphatic hydroxyl groups excluding tert-OH is 1. The Bertz CT molecular complexity index is 430. The van der Waals surface area contributed by atoms with Gasteiger partial charge in [-0.05, 0) is 19.1 Å². The zero-order chi connectivity index (χ0) is 13.8. The van der Waals surface area contributed by atoms with E-state index in [0.717, 1.165) is 18.1 Å². The average Bonchev–Trinajstić information content (AvgIpc) is 2.40. The Balaban J connectivity index is 2.07. The van der Waals surface area contributed by atoms with Crippen molar-refractivity contribution in [3.05, 3.63) is 22.8 Å². The molecule has 0 amide bonds. The fourth-order valence-corrected chi connectivity index (χ4v) is 2.48. The number of anilines is 1. The van der Waals surface area contributed by atoms with Gasteiger partial charge in [-0.1, -0.05) is 11.6 Å². The first kappa shape index (κ1) is 14.5. The lowest BCUT2D eigenvalue weighted by Gasteiger charge is -2.35. The van der Waals surface area contributed by atoms with E-state index in [1.165, 1.54) is 0 Å². The molecular formula is C13H20ClN3O2. The van der Waals surface area contributed by atoms with Gasteiger partial charge in [0.1, 0.15) is 5.82 Å². The number of rotatable bonds is 4. The fraction of sp³-hybridized carbons (Fsp3) is 0.615. The van der Waals surface area contributed by atoms with Crippen molar-refractivity contribution in [2.75, 3.05) is 32.1 Å². The standard InChI is InChI=1S/C13H20ClN3O2/c1-9-5-17(6-10(8-18)19-9)7-12-11(14)3-4-13(15-2)16-12/h3-4,9-10,18H,5-8H2,1-2H3,(H,15,16). The molecule has 19 heavy (non-hydrogen) atoms. The quantitative estimate of drug-likeness (QED) is 0.875. The number of hydrogen-bond donors (Lipinski definition) is 2. The molecular weight excluding hydrogens is 266 g/mol. The van der Waals surface area contributed by atoms with Crippen molar-refractivity contribution in [3.8, 4) is 0 Å². The van der Waals surface area contributed by atoms with Crippen LogP contribution in [0.3, 0.4) is 0 Å². The molecule has 0 saturated carbocycles. The zero-order valence-corrected chi connectivity index (χ0v) is 12.0. The third-order valence-corrected chi connectivity index (χ3v) is 3.50. The van der Waals surface area contributed by atoms with Gasteiger partial charge >= 0.3 is 0 Å². The third-order valence-electron chi connectivity index (χ3n) is 3.15. The van der Waals surface area contributed by atoms with Crippen LogP contribution in [0.2, 0.25) is 5.02 Å². The van der Waals surface area contributed by atoms with Gasteiger partial charge in [0, 0.05) is 26.7 Å². The molecule has 0 bridgehead atoms. The first-order valence-electron chi connectivity index (χ1n) is 6.44. The number of hydrogen-bond acceptors (Lipinski definition) is 5. The Labute approximate surface area is 118 Å². The normalized spacial score (nSPS) is 24.4. The largest absolute Gasteiger partial charge is 0.394 e. The van der Waals surface area contributed by atoms with E-state index in [4.69, 9.17) is 16.3 Å². The highest BCUT2D eigenvalue weighted by molar-refractivity contribution is 6.31. The molecule has 5 nitrogen and oxygen atoms in total. The number of morpholine rings is 1. The molecule has 2 heterocycles. The Morgan fingerprint density at radius 2 is 2.32 bits per heavy atom. The third kappa shape index (κ3) is 3.79. The molecule has 6 heteroatoms. The van der Waals surface area contributed by atoms with E-state index in [0.29, 0.717) is 18.1 Å². The van der Waals surface area contributed by atoms with E-state index in [2.05, 4.69) is 15.2 Å². The van der Waals surface area contributed by atoms with Crippen LogP contribution in [0.1, 0.15) is 12.6 Å². The molecule has 1 fully saturated rings. The molecule has 2 unspecified atom stereocenters. The van der Waals surface area contributed by atoms with Crippen molar-refractivity contribution in [2.45, 2.75) is 25.7 Å². The Kier molecular flexibility index (Phi) is 4.99. The van der Waals surface area contributed by atoms with Crippen molar-refractivity contribution in [1.29, 1.82) is 0 Å². The van der Waals surface area contributed by atoms with E-state index >= 15 is 0 Å². The van der Waals surface area contributed by atoms with E-state index < -0.39 is 0 Å². The summed E-state index contributed by atoms with van der Waals surface area (Å²) in [5.41, 5.74) is 0.847. The lowest BCUT2D eigenvalue weighted by Crippen LogP contribution is -2.47. The number of ether oxygens (including phenoxy) is 1. The molecule has 0 aromatic carbocycles. The minimum atomic E-state index is -0.130. The lowest BCUT2D eigenvalue weighted by molar-refractivity contribution is -0.0974. The van der Waals surface area contributed by atoms with Crippen LogP contribution in [-0.2, 0) is 11.3 Å². The molecule has 1 aliphatic heterocycles. The van der Waals surface area contributed by atoms with Gasteiger partial charge in [-0.15, -0.1) is 0 Å².